The van der Waals surface area contributed by atoms with Crippen molar-refractivity contribution >= 4 is 34.7 Å². The van der Waals surface area contributed by atoms with Crippen LogP contribution in [0.15, 0.2) is 23.0 Å². The molecule has 0 fully saturated rings. The molecule has 0 radical (unpaired) electrons. The van der Waals surface area contributed by atoms with Gasteiger partial charge in [0.15, 0.2) is 4.77 Å². The van der Waals surface area contributed by atoms with Crippen molar-refractivity contribution in [3.05, 3.63) is 55.2 Å². The molecule has 0 unspecified atom stereocenters. The van der Waals surface area contributed by atoms with Gasteiger partial charge in [0, 0.05) is 42.3 Å². The number of halogens is 1. The molecule has 3 N–H and O–H groups in total. The number of nitrogens with zero attached hydrogens (tertiary/aromatic N) is 2. The largest absolute Gasteiger partial charge is 0.494 e. The van der Waals surface area contributed by atoms with E-state index in [1.807, 2.05) is 18.2 Å². The molecule has 0 spiro atoms. The summed E-state index contributed by atoms with van der Waals surface area (Å²) in [5, 5.41) is 15.6. The van der Waals surface area contributed by atoms with Gasteiger partial charge in [-0.2, -0.15) is 0 Å². The molecular weight excluding hydrogens is 360 g/mol. The average molecular weight is 377 g/mol. The van der Waals surface area contributed by atoms with Gasteiger partial charge in [0.2, 0.25) is 5.88 Å². The monoisotopic (exact) mass is 376 g/mol. The van der Waals surface area contributed by atoms with Gasteiger partial charge in [-0.1, -0.05) is 11.6 Å². The minimum Gasteiger partial charge on any atom is -0.494 e. The molecule has 0 saturated heterocycles. The topological polar surface area (TPSA) is 75.0 Å². The molecule has 1 aromatic carbocycles. The zero-order valence-corrected chi connectivity index (χ0v) is 15.3. The summed E-state index contributed by atoms with van der Waals surface area (Å²) in [6.45, 7) is 0.694. The second-order valence-corrected chi connectivity index (χ2v) is 7.09. The van der Waals surface area contributed by atoms with E-state index in [2.05, 4.69) is 10.3 Å². The van der Waals surface area contributed by atoms with Crippen LogP contribution in [0.2, 0.25) is 5.02 Å². The molecule has 0 saturated carbocycles. The molecule has 3 heterocycles. The molecule has 1 atom stereocenters. The molecule has 0 bridgehead atoms. The second kappa shape index (κ2) is 5.72. The Kier molecular flexibility index (Phi) is 3.75. The zero-order chi connectivity index (χ0) is 17.9. The van der Waals surface area contributed by atoms with Crippen LogP contribution in [0.5, 0.6) is 5.88 Å². The number of benzene rings is 1. The molecule has 25 heavy (non-hydrogen) atoms. The summed E-state index contributed by atoms with van der Waals surface area (Å²) in [5.74, 6) is -0.116. The zero-order valence-electron chi connectivity index (χ0n) is 13.8. The fraction of sp³-hybridized carbons (Fsp3) is 0.294. The van der Waals surface area contributed by atoms with Crippen molar-refractivity contribution in [2.75, 3.05) is 6.54 Å². The summed E-state index contributed by atoms with van der Waals surface area (Å²) < 4.78 is 3.09. The smallest absolute Gasteiger partial charge is 0.263 e. The minimum atomic E-state index is -0.435. The molecule has 6 nitrogen and oxygen atoms in total. The normalized spacial score (nSPS) is 17.0. The van der Waals surface area contributed by atoms with Gasteiger partial charge in [-0.25, -0.2) is 0 Å². The fourth-order valence-corrected chi connectivity index (χ4v) is 3.90. The van der Waals surface area contributed by atoms with E-state index in [4.69, 9.17) is 23.8 Å². The third-order valence-corrected chi connectivity index (χ3v) is 5.65. The number of hydrogen-bond donors (Lipinski definition) is 3. The van der Waals surface area contributed by atoms with Crippen LogP contribution in [-0.2, 0) is 20.5 Å². The first-order chi connectivity index (χ1) is 11.9. The minimum absolute atomic E-state index is 0.116. The predicted molar refractivity (Wildman–Crippen MR) is 100 cm³/mol. The number of aromatic amines is 1. The molecule has 0 amide bonds. The number of fused-ring (bicyclic) bond motifs is 3. The molecular formula is C17H17ClN4O2S. The molecule has 3 aromatic rings. The Morgan fingerprint density at radius 2 is 2.08 bits per heavy atom. The molecule has 8 heteroatoms. The molecule has 0 aliphatic carbocycles. The highest BCUT2D eigenvalue weighted by Crippen LogP contribution is 2.35. The number of aromatic nitrogens is 3. The highest BCUT2D eigenvalue weighted by molar-refractivity contribution is 7.71. The summed E-state index contributed by atoms with van der Waals surface area (Å²) in [6.07, 6.45) is 0.818. The summed E-state index contributed by atoms with van der Waals surface area (Å²) >= 11 is 11.3. The van der Waals surface area contributed by atoms with E-state index in [9.17, 15) is 9.90 Å². The third kappa shape index (κ3) is 2.34. The summed E-state index contributed by atoms with van der Waals surface area (Å²) in [6, 6.07) is 5.25. The maximum atomic E-state index is 12.8. The van der Waals surface area contributed by atoms with Gasteiger partial charge in [0.05, 0.1) is 6.04 Å². The first kappa shape index (κ1) is 16.4. The Labute approximate surface area is 153 Å². The lowest BCUT2D eigenvalue weighted by Crippen LogP contribution is -2.37. The van der Waals surface area contributed by atoms with Crippen molar-refractivity contribution in [1.29, 1.82) is 0 Å². The first-order valence-electron chi connectivity index (χ1n) is 7.92. The lowest BCUT2D eigenvalue weighted by Gasteiger charge is -2.25. The summed E-state index contributed by atoms with van der Waals surface area (Å²) in [4.78, 5) is 16.2. The molecule has 4 rings (SSSR count). The average Bonchev–Trinajstić information content (AvgIpc) is 2.97. The van der Waals surface area contributed by atoms with Crippen molar-refractivity contribution in [2.45, 2.75) is 12.5 Å². The van der Waals surface area contributed by atoms with E-state index < -0.39 is 6.04 Å². The van der Waals surface area contributed by atoms with Gasteiger partial charge in [-0.3, -0.25) is 13.9 Å². The Bertz CT molecular complexity index is 1130. The van der Waals surface area contributed by atoms with E-state index in [1.54, 1.807) is 14.1 Å². The van der Waals surface area contributed by atoms with Crippen molar-refractivity contribution in [3.63, 3.8) is 0 Å². The number of aromatic hydroxyl groups is 1. The van der Waals surface area contributed by atoms with Gasteiger partial charge in [0.1, 0.15) is 5.56 Å². The molecule has 1 aliphatic heterocycles. The summed E-state index contributed by atoms with van der Waals surface area (Å²) in [5.41, 5.74) is 2.95. The van der Waals surface area contributed by atoms with Crippen molar-refractivity contribution in [1.82, 2.24) is 19.4 Å². The lowest BCUT2D eigenvalue weighted by molar-refractivity contribution is 0.394. The maximum absolute atomic E-state index is 12.8. The fourth-order valence-electron chi connectivity index (χ4n) is 3.56. The Morgan fingerprint density at radius 3 is 2.84 bits per heavy atom. The van der Waals surface area contributed by atoms with Gasteiger partial charge in [-0.15, -0.1) is 0 Å². The van der Waals surface area contributed by atoms with Crippen molar-refractivity contribution < 1.29 is 5.11 Å². The van der Waals surface area contributed by atoms with E-state index in [-0.39, 0.29) is 21.8 Å². The van der Waals surface area contributed by atoms with E-state index in [0.29, 0.717) is 11.6 Å². The number of H-pyrrole nitrogens is 1. The van der Waals surface area contributed by atoms with Crippen molar-refractivity contribution in [3.8, 4) is 5.88 Å². The standard InChI is InChI=1S/C17H17ClN4O2S/c1-21-15(23)12(16(24)22(2)17(21)25)14-13-9(5-6-19-14)10-7-8(18)3-4-11(10)20-13/h3-4,7,14,19-20,23H,5-6H2,1-2H3/t14-/m1/s1. The van der Waals surface area contributed by atoms with Gasteiger partial charge >= 0.3 is 0 Å². The van der Waals surface area contributed by atoms with E-state index >= 15 is 0 Å². The van der Waals surface area contributed by atoms with Crippen molar-refractivity contribution in [2.24, 2.45) is 14.1 Å². The molecule has 130 valence electrons. The van der Waals surface area contributed by atoms with Crippen LogP contribution >= 0.6 is 23.8 Å². The van der Waals surface area contributed by atoms with Crippen LogP contribution in [0.4, 0.5) is 0 Å². The van der Waals surface area contributed by atoms with Crippen LogP contribution in [-0.4, -0.2) is 25.8 Å². The molecule has 1 aliphatic rings. The van der Waals surface area contributed by atoms with Gasteiger partial charge in [0.25, 0.3) is 5.56 Å². The second-order valence-electron chi connectivity index (χ2n) is 6.29. The van der Waals surface area contributed by atoms with E-state index in [0.717, 1.165) is 28.6 Å². The van der Waals surface area contributed by atoms with Gasteiger partial charge < -0.3 is 15.4 Å². The summed E-state index contributed by atoms with van der Waals surface area (Å²) in [7, 11) is 3.26. The van der Waals surface area contributed by atoms with Crippen LogP contribution in [0.3, 0.4) is 0 Å². The Balaban J connectivity index is 2.01. The first-order valence-corrected chi connectivity index (χ1v) is 8.71. The third-order valence-electron chi connectivity index (χ3n) is 4.87. The number of nitrogens with one attached hydrogen (secondary N) is 2. The highest BCUT2D eigenvalue weighted by atomic mass is 35.5. The van der Waals surface area contributed by atoms with Crippen LogP contribution in [0.25, 0.3) is 10.9 Å². The maximum Gasteiger partial charge on any atom is 0.263 e. The number of hydrogen-bond acceptors (Lipinski definition) is 4. The van der Waals surface area contributed by atoms with Crippen LogP contribution in [0.1, 0.15) is 22.9 Å². The van der Waals surface area contributed by atoms with Gasteiger partial charge in [-0.05, 0) is 42.4 Å². The lowest BCUT2D eigenvalue weighted by atomic mass is 9.95. The van der Waals surface area contributed by atoms with Crippen LogP contribution in [0, 0.1) is 4.77 Å². The Hall–Kier alpha value is -2.09. The number of rotatable bonds is 1. The predicted octanol–water partition coefficient (Wildman–Crippen LogP) is 2.53. The SMILES string of the molecule is Cn1c(O)c([C@H]2NCCc3c2[nH]c2ccc(Cl)cc32)c(=O)n(C)c1=S. The van der Waals surface area contributed by atoms with Crippen LogP contribution < -0.4 is 10.9 Å². The molecule has 2 aromatic heterocycles. The Morgan fingerprint density at radius 1 is 1.32 bits per heavy atom. The quantitative estimate of drug-likeness (QED) is 0.570. The highest BCUT2D eigenvalue weighted by Gasteiger charge is 2.30. The van der Waals surface area contributed by atoms with E-state index in [1.165, 1.54) is 9.13 Å².